The van der Waals surface area contributed by atoms with E-state index in [1.807, 2.05) is 0 Å². The summed E-state index contributed by atoms with van der Waals surface area (Å²) in [5.74, 6) is -2.05. The summed E-state index contributed by atoms with van der Waals surface area (Å²) >= 11 is 1.11. The van der Waals surface area contributed by atoms with Crippen LogP contribution in [0, 0.1) is 12.7 Å². The number of fused-ring (bicyclic) bond motifs is 1. The van der Waals surface area contributed by atoms with Gasteiger partial charge in [-0.3, -0.25) is 9.59 Å². The molecule has 1 aromatic carbocycles. The number of esters is 1. The standard InChI is InChI=1S/C15H15FN2O4S/c1-8-13-9(16)4-3-5-10(13)23-14(8)15(21)22-7-12(20)18-6-11(19)17-2/h3-5H,6-7H2,1-2H3,(H,17,19)(H,18,20). The molecule has 0 fully saturated rings. The van der Waals surface area contributed by atoms with Gasteiger partial charge >= 0.3 is 5.97 Å². The predicted octanol–water partition coefficient (Wildman–Crippen LogP) is 1.37. The number of amides is 2. The number of halogens is 1. The third-order valence-electron chi connectivity index (χ3n) is 3.15. The Kier molecular flexibility index (Phi) is 5.28. The van der Waals surface area contributed by atoms with E-state index in [1.54, 1.807) is 19.1 Å². The summed E-state index contributed by atoms with van der Waals surface area (Å²) in [6.07, 6.45) is 0. The van der Waals surface area contributed by atoms with E-state index in [1.165, 1.54) is 13.1 Å². The Morgan fingerprint density at radius 3 is 2.65 bits per heavy atom. The summed E-state index contributed by atoms with van der Waals surface area (Å²) in [5, 5.41) is 5.03. The summed E-state index contributed by atoms with van der Waals surface area (Å²) in [6.45, 7) is 0.927. The van der Waals surface area contributed by atoms with Crippen molar-refractivity contribution in [3.63, 3.8) is 0 Å². The maximum Gasteiger partial charge on any atom is 0.349 e. The minimum absolute atomic E-state index is 0.194. The molecule has 0 bridgehead atoms. The van der Waals surface area contributed by atoms with Crippen molar-refractivity contribution in [2.45, 2.75) is 6.92 Å². The van der Waals surface area contributed by atoms with Gasteiger partial charge in [0.05, 0.1) is 6.54 Å². The third kappa shape index (κ3) is 3.84. The molecule has 0 spiro atoms. The summed E-state index contributed by atoms with van der Waals surface area (Å²) < 4.78 is 19.3. The molecule has 122 valence electrons. The highest BCUT2D eigenvalue weighted by Gasteiger charge is 2.19. The van der Waals surface area contributed by atoms with Crippen LogP contribution in [0.1, 0.15) is 15.2 Å². The molecule has 0 aliphatic heterocycles. The van der Waals surface area contributed by atoms with Gasteiger partial charge in [-0.15, -0.1) is 11.3 Å². The van der Waals surface area contributed by atoms with Crippen LogP contribution in [0.2, 0.25) is 0 Å². The molecule has 23 heavy (non-hydrogen) atoms. The molecule has 2 amide bonds. The van der Waals surface area contributed by atoms with Crippen LogP contribution in [-0.4, -0.2) is 38.0 Å². The molecule has 1 aromatic heterocycles. The molecule has 1 heterocycles. The van der Waals surface area contributed by atoms with Gasteiger partial charge in [-0.05, 0) is 24.6 Å². The second kappa shape index (κ2) is 7.19. The van der Waals surface area contributed by atoms with E-state index in [0.717, 1.165) is 11.3 Å². The number of carbonyl (C=O) groups is 3. The molecule has 2 N–H and O–H groups in total. The molecule has 0 aliphatic carbocycles. The Morgan fingerprint density at radius 1 is 1.26 bits per heavy atom. The van der Waals surface area contributed by atoms with Crippen molar-refractivity contribution >= 4 is 39.2 Å². The van der Waals surface area contributed by atoms with Crippen LogP contribution >= 0.6 is 11.3 Å². The quantitative estimate of drug-likeness (QED) is 0.807. The number of carbonyl (C=O) groups excluding carboxylic acids is 3. The summed E-state index contributed by atoms with van der Waals surface area (Å²) in [7, 11) is 1.44. The monoisotopic (exact) mass is 338 g/mol. The van der Waals surface area contributed by atoms with Crippen molar-refractivity contribution in [1.29, 1.82) is 0 Å². The van der Waals surface area contributed by atoms with Gasteiger partial charge in [-0.1, -0.05) is 6.07 Å². The smallest absolute Gasteiger partial charge is 0.349 e. The van der Waals surface area contributed by atoms with Crippen molar-refractivity contribution in [1.82, 2.24) is 10.6 Å². The molecule has 6 nitrogen and oxygen atoms in total. The Bertz CT molecular complexity index is 772. The number of likely N-dealkylation sites (N-methyl/N-ethyl adjacent to an activating group) is 1. The first-order valence-electron chi connectivity index (χ1n) is 6.76. The SMILES string of the molecule is CNC(=O)CNC(=O)COC(=O)c1sc2cccc(F)c2c1C. The van der Waals surface area contributed by atoms with Crippen LogP contribution in [0.3, 0.4) is 0 Å². The number of hydrogen-bond acceptors (Lipinski definition) is 5. The van der Waals surface area contributed by atoms with Crippen LogP contribution in [0.25, 0.3) is 10.1 Å². The lowest BCUT2D eigenvalue weighted by atomic mass is 10.1. The van der Waals surface area contributed by atoms with Gasteiger partial charge < -0.3 is 15.4 Å². The summed E-state index contributed by atoms with van der Waals surface area (Å²) in [6, 6.07) is 4.60. The summed E-state index contributed by atoms with van der Waals surface area (Å²) in [5.41, 5.74) is 0.485. The molecule has 2 rings (SSSR count). The molecule has 0 aliphatic rings. The van der Waals surface area contributed by atoms with Gasteiger partial charge in [0.15, 0.2) is 6.61 Å². The molecule has 0 unspecified atom stereocenters. The minimum Gasteiger partial charge on any atom is -0.451 e. The van der Waals surface area contributed by atoms with E-state index in [0.29, 0.717) is 15.6 Å². The number of rotatable bonds is 5. The van der Waals surface area contributed by atoms with Gasteiger partial charge in [-0.25, -0.2) is 9.18 Å². The van der Waals surface area contributed by atoms with E-state index < -0.39 is 24.3 Å². The fourth-order valence-corrected chi connectivity index (χ4v) is 3.08. The zero-order chi connectivity index (χ0) is 17.0. The average Bonchev–Trinajstić information content (AvgIpc) is 2.88. The van der Waals surface area contributed by atoms with Crippen LogP contribution < -0.4 is 10.6 Å². The topological polar surface area (TPSA) is 84.5 Å². The molecule has 0 radical (unpaired) electrons. The van der Waals surface area contributed by atoms with Crippen LogP contribution in [0.4, 0.5) is 4.39 Å². The van der Waals surface area contributed by atoms with Gasteiger partial charge in [0, 0.05) is 17.1 Å². The number of benzene rings is 1. The van der Waals surface area contributed by atoms with E-state index in [-0.39, 0.29) is 17.3 Å². The van der Waals surface area contributed by atoms with Gasteiger partial charge in [-0.2, -0.15) is 0 Å². The Labute approximate surface area is 135 Å². The second-order valence-electron chi connectivity index (χ2n) is 4.70. The Hall–Kier alpha value is -2.48. The van der Waals surface area contributed by atoms with Crippen LogP contribution in [0.5, 0.6) is 0 Å². The number of hydrogen-bond donors (Lipinski definition) is 2. The van der Waals surface area contributed by atoms with E-state index >= 15 is 0 Å². The average molecular weight is 338 g/mol. The normalized spacial score (nSPS) is 10.4. The van der Waals surface area contributed by atoms with Crippen LogP contribution in [0.15, 0.2) is 18.2 Å². The maximum absolute atomic E-state index is 13.8. The molecular formula is C15H15FN2O4S. The van der Waals surface area contributed by atoms with Crippen molar-refractivity contribution in [2.75, 3.05) is 20.2 Å². The molecule has 8 heteroatoms. The van der Waals surface area contributed by atoms with Crippen molar-refractivity contribution in [3.8, 4) is 0 Å². The number of thiophene rings is 1. The Balaban J connectivity index is 2.02. The Morgan fingerprint density at radius 2 is 2.00 bits per heavy atom. The fraction of sp³-hybridized carbons (Fsp3) is 0.267. The van der Waals surface area contributed by atoms with Crippen molar-refractivity contribution in [2.24, 2.45) is 0 Å². The fourth-order valence-electron chi connectivity index (χ4n) is 1.96. The van der Waals surface area contributed by atoms with E-state index in [4.69, 9.17) is 4.74 Å². The zero-order valence-corrected chi connectivity index (χ0v) is 13.4. The van der Waals surface area contributed by atoms with Gasteiger partial charge in [0.25, 0.3) is 5.91 Å². The lowest BCUT2D eigenvalue weighted by Gasteiger charge is -2.05. The highest BCUT2D eigenvalue weighted by Crippen LogP contribution is 2.32. The zero-order valence-electron chi connectivity index (χ0n) is 12.6. The highest BCUT2D eigenvalue weighted by molar-refractivity contribution is 7.21. The van der Waals surface area contributed by atoms with E-state index in [9.17, 15) is 18.8 Å². The lowest BCUT2D eigenvalue weighted by Crippen LogP contribution is -2.37. The van der Waals surface area contributed by atoms with Gasteiger partial charge in [0.1, 0.15) is 10.7 Å². The molecule has 0 atom stereocenters. The second-order valence-corrected chi connectivity index (χ2v) is 5.75. The molecule has 2 aromatic rings. The van der Waals surface area contributed by atoms with E-state index in [2.05, 4.69) is 10.6 Å². The lowest BCUT2D eigenvalue weighted by molar-refractivity contribution is -0.127. The minimum atomic E-state index is -0.696. The molecule has 0 saturated carbocycles. The molecule has 0 saturated heterocycles. The first-order valence-corrected chi connectivity index (χ1v) is 7.57. The third-order valence-corrected chi connectivity index (χ3v) is 4.38. The predicted molar refractivity (Wildman–Crippen MR) is 83.9 cm³/mol. The largest absolute Gasteiger partial charge is 0.451 e. The van der Waals surface area contributed by atoms with Crippen molar-refractivity contribution in [3.05, 3.63) is 34.5 Å². The number of nitrogens with one attached hydrogen (secondary N) is 2. The van der Waals surface area contributed by atoms with Gasteiger partial charge in [0.2, 0.25) is 5.91 Å². The first-order chi connectivity index (χ1) is 10.9. The number of aryl methyl sites for hydroxylation is 1. The van der Waals surface area contributed by atoms with Crippen LogP contribution in [-0.2, 0) is 14.3 Å². The number of ether oxygens (including phenoxy) is 1. The maximum atomic E-state index is 13.8. The first kappa shape index (κ1) is 16.9. The van der Waals surface area contributed by atoms with Crippen molar-refractivity contribution < 1.29 is 23.5 Å². The molecular weight excluding hydrogens is 323 g/mol. The highest BCUT2D eigenvalue weighted by atomic mass is 32.1. The summed E-state index contributed by atoms with van der Waals surface area (Å²) in [4.78, 5) is 34.8.